The van der Waals surface area contributed by atoms with E-state index in [1.165, 1.54) is 12.0 Å². The quantitative estimate of drug-likeness (QED) is 0.790. The van der Waals surface area contributed by atoms with E-state index in [1.807, 2.05) is 6.07 Å². The van der Waals surface area contributed by atoms with Gasteiger partial charge >= 0.3 is 0 Å². The van der Waals surface area contributed by atoms with Crippen molar-refractivity contribution in [2.24, 2.45) is 5.41 Å². The van der Waals surface area contributed by atoms with Crippen molar-refractivity contribution < 1.29 is 4.42 Å². The number of nitrogens with one attached hydrogen (secondary N) is 1. The van der Waals surface area contributed by atoms with Crippen LogP contribution in [0.5, 0.6) is 0 Å². The molecular weight excluding hydrogens is 210 g/mol. The van der Waals surface area contributed by atoms with Crippen molar-refractivity contribution in [1.29, 1.82) is 0 Å². The zero-order chi connectivity index (χ0) is 12.9. The van der Waals surface area contributed by atoms with Gasteiger partial charge in [0.1, 0.15) is 5.76 Å². The summed E-state index contributed by atoms with van der Waals surface area (Å²) in [6.45, 7) is 12.2. The van der Waals surface area contributed by atoms with Gasteiger partial charge in [-0.15, -0.1) is 0 Å². The average molecular weight is 237 g/mol. The van der Waals surface area contributed by atoms with E-state index in [0.29, 0.717) is 11.5 Å². The van der Waals surface area contributed by atoms with E-state index in [0.717, 1.165) is 25.1 Å². The van der Waals surface area contributed by atoms with E-state index < -0.39 is 0 Å². The van der Waals surface area contributed by atoms with Gasteiger partial charge in [0.15, 0.2) is 0 Å². The molecule has 0 spiro atoms. The molecule has 0 radical (unpaired) electrons. The predicted octanol–water partition coefficient (Wildman–Crippen LogP) is 4.46. The minimum Gasteiger partial charge on any atom is -0.467 e. The monoisotopic (exact) mass is 237 g/mol. The average Bonchev–Trinajstić information content (AvgIpc) is 2.63. The van der Waals surface area contributed by atoms with Gasteiger partial charge in [0.05, 0.1) is 12.3 Å². The summed E-state index contributed by atoms with van der Waals surface area (Å²) in [5, 5.41) is 3.59. The molecule has 0 aliphatic rings. The molecule has 1 atom stereocenters. The molecule has 0 saturated carbocycles. The Kier molecular flexibility index (Phi) is 5.26. The Hall–Kier alpha value is -0.760. The van der Waals surface area contributed by atoms with Gasteiger partial charge in [0, 0.05) is 0 Å². The summed E-state index contributed by atoms with van der Waals surface area (Å²) in [6, 6.07) is 2.41. The standard InChI is InChI=1S/C15H27NO/c1-6-10-16-13(7-9-15(3,4)5)14-12(2)8-11-17-14/h8,11,13,16H,6-7,9-10H2,1-5H3. The number of aryl methyl sites for hydroxylation is 1. The van der Waals surface area contributed by atoms with Crippen LogP contribution in [-0.2, 0) is 0 Å². The molecular formula is C15H27NO. The number of furan rings is 1. The van der Waals surface area contributed by atoms with Crippen LogP contribution in [0.4, 0.5) is 0 Å². The zero-order valence-electron chi connectivity index (χ0n) is 12.0. The highest BCUT2D eigenvalue weighted by molar-refractivity contribution is 5.18. The highest BCUT2D eigenvalue weighted by Gasteiger charge is 2.19. The number of hydrogen-bond acceptors (Lipinski definition) is 2. The predicted molar refractivity (Wildman–Crippen MR) is 73.2 cm³/mol. The van der Waals surface area contributed by atoms with Crippen molar-refractivity contribution in [3.63, 3.8) is 0 Å². The molecule has 17 heavy (non-hydrogen) atoms. The second-order valence-corrected chi connectivity index (χ2v) is 6.07. The van der Waals surface area contributed by atoms with Crippen molar-refractivity contribution in [3.8, 4) is 0 Å². The lowest BCUT2D eigenvalue weighted by Crippen LogP contribution is -2.23. The fourth-order valence-electron chi connectivity index (χ4n) is 1.96. The van der Waals surface area contributed by atoms with Gasteiger partial charge < -0.3 is 9.73 Å². The van der Waals surface area contributed by atoms with E-state index in [2.05, 4.69) is 39.9 Å². The van der Waals surface area contributed by atoms with Crippen molar-refractivity contribution >= 4 is 0 Å². The molecule has 2 heteroatoms. The number of rotatable bonds is 6. The van der Waals surface area contributed by atoms with Crippen molar-refractivity contribution in [3.05, 3.63) is 23.7 Å². The molecule has 0 aliphatic carbocycles. The second kappa shape index (κ2) is 6.25. The third-order valence-electron chi connectivity index (χ3n) is 3.04. The molecule has 0 amide bonds. The van der Waals surface area contributed by atoms with Gasteiger partial charge in [0.2, 0.25) is 0 Å². The summed E-state index contributed by atoms with van der Waals surface area (Å²) in [7, 11) is 0. The minimum absolute atomic E-state index is 0.365. The Balaban J connectivity index is 2.64. The Labute approximate surface area is 106 Å². The van der Waals surface area contributed by atoms with Gasteiger partial charge in [-0.05, 0) is 49.8 Å². The lowest BCUT2D eigenvalue weighted by molar-refractivity contribution is 0.310. The molecule has 1 aromatic rings. The lowest BCUT2D eigenvalue weighted by atomic mass is 9.88. The van der Waals surface area contributed by atoms with Crippen LogP contribution in [0.1, 0.15) is 64.3 Å². The molecule has 1 rings (SSSR count). The van der Waals surface area contributed by atoms with E-state index in [9.17, 15) is 0 Å². The molecule has 1 N–H and O–H groups in total. The first kappa shape index (κ1) is 14.3. The Morgan fingerprint density at radius 2 is 2.06 bits per heavy atom. The fraction of sp³-hybridized carbons (Fsp3) is 0.733. The molecule has 0 bridgehead atoms. The summed E-state index contributed by atoms with van der Waals surface area (Å²) in [5.41, 5.74) is 1.64. The first-order chi connectivity index (χ1) is 7.94. The molecule has 98 valence electrons. The molecule has 1 aromatic heterocycles. The Morgan fingerprint density at radius 3 is 2.53 bits per heavy atom. The maximum Gasteiger partial charge on any atom is 0.123 e. The molecule has 0 aliphatic heterocycles. The largest absolute Gasteiger partial charge is 0.467 e. The normalized spacial score (nSPS) is 13.9. The maximum absolute atomic E-state index is 5.63. The molecule has 0 fully saturated rings. The first-order valence-corrected chi connectivity index (χ1v) is 6.71. The van der Waals surface area contributed by atoms with Crippen LogP contribution in [0.2, 0.25) is 0 Å². The highest BCUT2D eigenvalue weighted by Crippen LogP contribution is 2.29. The zero-order valence-corrected chi connectivity index (χ0v) is 12.0. The Bertz CT molecular complexity index is 322. The third kappa shape index (κ3) is 4.95. The first-order valence-electron chi connectivity index (χ1n) is 6.71. The topological polar surface area (TPSA) is 25.2 Å². The fourth-order valence-corrected chi connectivity index (χ4v) is 1.96. The van der Waals surface area contributed by atoms with Crippen LogP contribution in [0.25, 0.3) is 0 Å². The SMILES string of the molecule is CCCNC(CCC(C)(C)C)c1occc1C. The molecule has 0 aromatic carbocycles. The molecule has 2 nitrogen and oxygen atoms in total. The summed E-state index contributed by atoms with van der Waals surface area (Å²) in [4.78, 5) is 0. The summed E-state index contributed by atoms with van der Waals surface area (Å²) < 4.78 is 5.63. The maximum atomic E-state index is 5.63. The third-order valence-corrected chi connectivity index (χ3v) is 3.04. The summed E-state index contributed by atoms with van der Waals surface area (Å²) in [6.07, 6.45) is 5.29. The van der Waals surface area contributed by atoms with Gasteiger partial charge in [0.25, 0.3) is 0 Å². The van der Waals surface area contributed by atoms with Gasteiger partial charge in [-0.1, -0.05) is 27.7 Å². The van der Waals surface area contributed by atoms with Gasteiger partial charge in [-0.25, -0.2) is 0 Å². The van der Waals surface area contributed by atoms with E-state index >= 15 is 0 Å². The van der Waals surface area contributed by atoms with Crippen LogP contribution >= 0.6 is 0 Å². The molecule has 1 heterocycles. The summed E-state index contributed by atoms with van der Waals surface area (Å²) >= 11 is 0. The van der Waals surface area contributed by atoms with Crippen LogP contribution in [0, 0.1) is 12.3 Å². The second-order valence-electron chi connectivity index (χ2n) is 6.07. The smallest absolute Gasteiger partial charge is 0.123 e. The lowest BCUT2D eigenvalue weighted by Gasteiger charge is -2.23. The molecule has 1 unspecified atom stereocenters. The van der Waals surface area contributed by atoms with E-state index in [-0.39, 0.29) is 0 Å². The van der Waals surface area contributed by atoms with Crippen molar-refractivity contribution in [2.75, 3.05) is 6.54 Å². The van der Waals surface area contributed by atoms with Crippen molar-refractivity contribution in [1.82, 2.24) is 5.32 Å². The van der Waals surface area contributed by atoms with E-state index in [4.69, 9.17) is 4.42 Å². The molecule has 0 saturated heterocycles. The van der Waals surface area contributed by atoms with Crippen molar-refractivity contribution in [2.45, 2.75) is 59.9 Å². The summed E-state index contributed by atoms with van der Waals surface area (Å²) in [5.74, 6) is 1.11. The minimum atomic E-state index is 0.365. The Morgan fingerprint density at radius 1 is 1.35 bits per heavy atom. The van der Waals surface area contributed by atoms with Crippen LogP contribution in [0.15, 0.2) is 16.7 Å². The van der Waals surface area contributed by atoms with Gasteiger partial charge in [-0.3, -0.25) is 0 Å². The van der Waals surface area contributed by atoms with Crippen LogP contribution in [-0.4, -0.2) is 6.54 Å². The van der Waals surface area contributed by atoms with Gasteiger partial charge in [-0.2, -0.15) is 0 Å². The number of hydrogen-bond donors (Lipinski definition) is 1. The van der Waals surface area contributed by atoms with Crippen LogP contribution in [0.3, 0.4) is 0 Å². The highest BCUT2D eigenvalue weighted by atomic mass is 16.3. The van der Waals surface area contributed by atoms with E-state index in [1.54, 1.807) is 6.26 Å². The van der Waals surface area contributed by atoms with Crippen LogP contribution < -0.4 is 5.32 Å².